The molecular formula is C16H30N2S. The van der Waals surface area contributed by atoms with Crippen LogP contribution in [0.15, 0.2) is 0 Å². The molecule has 0 radical (unpaired) electrons. The Labute approximate surface area is 123 Å². The molecule has 3 rings (SSSR count). The normalized spacial score (nSPS) is 35.8. The van der Waals surface area contributed by atoms with Gasteiger partial charge in [0.15, 0.2) is 0 Å². The Morgan fingerprint density at radius 1 is 1.11 bits per heavy atom. The quantitative estimate of drug-likeness (QED) is 0.853. The average molecular weight is 282 g/mol. The van der Waals surface area contributed by atoms with E-state index in [1.807, 2.05) is 0 Å². The second kappa shape index (κ2) is 6.82. The largest absolute Gasteiger partial charge is 0.310 e. The first-order chi connectivity index (χ1) is 9.33. The number of thioether (sulfide) groups is 1. The topological polar surface area (TPSA) is 15.3 Å². The lowest BCUT2D eigenvalue weighted by molar-refractivity contribution is 0.0653. The molecule has 0 unspecified atom stereocenters. The molecule has 0 amide bonds. The van der Waals surface area contributed by atoms with Crippen LogP contribution in [0.25, 0.3) is 0 Å². The summed E-state index contributed by atoms with van der Waals surface area (Å²) in [6.07, 6.45) is 10.1. The minimum absolute atomic E-state index is 0.714. The zero-order valence-corrected chi connectivity index (χ0v) is 13.3. The van der Waals surface area contributed by atoms with Crippen molar-refractivity contribution >= 4 is 11.8 Å². The van der Waals surface area contributed by atoms with Gasteiger partial charge in [0.25, 0.3) is 0 Å². The molecule has 19 heavy (non-hydrogen) atoms. The smallest absolute Gasteiger partial charge is 0.0161 e. The van der Waals surface area contributed by atoms with Crippen molar-refractivity contribution in [1.82, 2.24) is 10.2 Å². The van der Waals surface area contributed by atoms with Crippen LogP contribution in [0.3, 0.4) is 0 Å². The first-order valence-electron chi connectivity index (χ1n) is 8.41. The number of likely N-dealkylation sites (tertiary alicyclic amines) is 1. The van der Waals surface area contributed by atoms with Crippen molar-refractivity contribution in [2.75, 3.05) is 24.6 Å². The molecule has 1 saturated carbocycles. The molecule has 3 aliphatic rings. The summed E-state index contributed by atoms with van der Waals surface area (Å²) in [7, 11) is 0. The fourth-order valence-corrected chi connectivity index (χ4v) is 5.00. The molecule has 0 aromatic rings. The van der Waals surface area contributed by atoms with Crippen molar-refractivity contribution in [1.29, 1.82) is 0 Å². The SMILES string of the molecule is C[C@H](N[C@H]1CCCSC1)[C@@H]1CCCN(C2CCC2)C1. The van der Waals surface area contributed by atoms with Gasteiger partial charge in [-0.25, -0.2) is 0 Å². The maximum absolute atomic E-state index is 3.94. The number of hydrogen-bond acceptors (Lipinski definition) is 3. The molecule has 2 heterocycles. The van der Waals surface area contributed by atoms with Gasteiger partial charge >= 0.3 is 0 Å². The summed E-state index contributed by atoms with van der Waals surface area (Å²) in [5.41, 5.74) is 0. The van der Waals surface area contributed by atoms with Gasteiger partial charge in [0.05, 0.1) is 0 Å². The van der Waals surface area contributed by atoms with Crippen LogP contribution in [0.4, 0.5) is 0 Å². The van der Waals surface area contributed by atoms with E-state index in [1.165, 1.54) is 69.5 Å². The Balaban J connectivity index is 1.46. The van der Waals surface area contributed by atoms with Gasteiger partial charge < -0.3 is 10.2 Å². The summed E-state index contributed by atoms with van der Waals surface area (Å²) >= 11 is 2.14. The van der Waals surface area contributed by atoms with Crippen LogP contribution in [0.2, 0.25) is 0 Å². The summed E-state index contributed by atoms with van der Waals surface area (Å²) in [5, 5.41) is 3.94. The molecule has 2 aliphatic heterocycles. The highest BCUT2D eigenvalue weighted by Gasteiger charge is 2.32. The van der Waals surface area contributed by atoms with Gasteiger partial charge in [-0.2, -0.15) is 11.8 Å². The summed E-state index contributed by atoms with van der Waals surface area (Å²) < 4.78 is 0. The Bertz CT molecular complexity index is 274. The minimum Gasteiger partial charge on any atom is -0.310 e. The molecule has 2 nitrogen and oxygen atoms in total. The lowest BCUT2D eigenvalue weighted by Crippen LogP contribution is -2.52. The second-order valence-corrected chi connectivity index (χ2v) is 8.00. The third-order valence-electron chi connectivity index (χ3n) is 5.45. The van der Waals surface area contributed by atoms with Crippen LogP contribution in [0.5, 0.6) is 0 Å². The van der Waals surface area contributed by atoms with Crippen LogP contribution in [0.1, 0.15) is 51.9 Å². The number of nitrogens with zero attached hydrogens (tertiary/aromatic N) is 1. The van der Waals surface area contributed by atoms with E-state index >= 15 is 0 Å². The van der Waals surface area contributed by atoms with Crippen molar-refractivity contribution in [3.05, 3.63) is 0 Å². The molecule has 1 aliphatic carbocycles. The van der Waals surface area contributed by atoms with Gasteiger partial charge in [-0.3, -0.25) is 0 Å². The van der Waals surface area contributed by atoms with Crippen molar-refractivity contribution < 1.29 is 0 Å². The third-order valence-corrected chi connectivity index (χ3v) is 6.66. The molecule has 3 fully saturated rings. The Kier molecular flexibility index (Phi) is 5.10. The van der Waals surface area contributed by atoms with E-state index in [2.05, 4.69) is 28.9 Å². The van der Waals surface area contributed by atoms with Crippen LogP contribution >= 0.6 is 11.8 Å². The van der Waals surface area contributed by atoms with E-state index in [0.717, 1.165) is 18.0 Å². The highest BCUT2D eigenvalue weighted by molar-refractivity contribution is 7.99. The lowest BCUT2D eigenvalue weighted by Gasteiger charge is -2.44. The zero-order valence-electron chi connectivity index (χ0n) is 12.4. The van der Waals surface area contributed by atoms with Crippen LogP contribution in [-0.2, 0) is 0 Å². The molecular weight excluding hydrogens is 252 g/mol. The van der Waals surface area contributed by atoms with E-state index in [-0.39, 0.29) is 0 Å². The minimum atomic E-state index is 0.714. The van der Waals surface area contributed by atoms with Crippen LogP contribution in [0, 0.1) is 5.92 Å². The van der Waals surface area contributed by atoms with Crippen molar-refractivity contribution in [2.45, 2.75) is 70.0 Å². The summed E-state index contributed by atoms with van der Waals surface area (Å²) in [6.45, 7) is 5.17. The molecule has 3 heteroatoms. The van der Waals surface area contributed by atoms with E-state index in [4.69, 9.17) is 0 Å². The van der Waals surface area contributed by atoms with Crippen LogP contribution < -0.4 is 5.32 Å². The molecule has 2 saturated heterocycles. The predicted molar refractivity (Wildman–Crippen MR) is 84.9 cm³/mol. The zero-order chi connectivity index (χ0) is 13.1. The molecule has 0 aromatic carbocycles. The summed E-state index contributed by atoms with van der Waals surface area (Å²) in [4.78, 5) is 2.80. The Hall–Kier alpha value is 0.270. The number of rotatable bonds is 4. The van der Waals surface area contributed by atoms with E-state index < -0.39 is 0 Å². The maximum atomic E-state index is 3.94. The Morgan fingerprint density at radius 3 is 2.68 bits per heavy atom. The summed E-state index contributed by atoms with van der Waals surface area (Å²) in [5.74, 6) is 3.61. The third kappa shape index (κ3) is 3.68. The molecule has 110 valence electrons. The van der Waals surface area contributed by atoms with Gasteiger partial charge in [0.2, 0.25) is 0 Å². The van der Waals surface area contributed by atoms with Gasteiger partial charge in [-0.1, -0.05) is 6.42 Å². The van der Waals surface area contributed by atoms with Gasteiger partial charge in [0.1, 0.15) is 0 Å². The van der Waals surface area contributed by atoms with Crippen molar-refractivity contribution in [3.63, 3.8) is 0 Å². The fraction of sp³-hybridized carbons (Fsp3) is 1.00. The first-order valence-corrected chi connectivity index (χ1v) is 9.56. The number of hydrogen-bond donors (Lipinski definition) is 1. The highest BCUT2D eigenvalue weighted by atomic mass is 32.2. The fourth-order valence-electron chi connectivity index (χ4n) is 3.91. The first kappa shape index (κ1) is 14.2. The second-order valence-electron chi connectivity index (χ2n) is 6.85. The molecule has 0 spiro atoms. The van der Waals surface area contributed by atoms with Gasteiger partial charge in [-0.05, 0) is 63.7 Å². The summed E-state index contributed by atoms with van der Waals surface area (Å²) in [6, 6.07) is 2.44. The van der Waals surface area contributed by atoms with Gasteiger partial charge in [0, 0.05) is 30.4 Å². The standard InChI is InChI=1S/C16H30N2S/c1-13(17-15-6-4-10-19-12-15)14-5-3-9-18(11-14)16-7-2-8-16/h13-17H,2-12H2,1H3/t13-,14+,15-/m0/s1. The number of piperidine rings is 1. The van der Waals surface area contributed by atoms with E-state index in [0.29, 0.717) is 6.04 Å². The highest BCUT2D eigenvalue weighted by Crippen LogP contribution is 2.30. The molecule has 0 bridgehead atoms. The lowest BCUT2D eigenvalue weighted by atomic mass is 9.85. The van der Waals surface area contributed by atoms with Crippen molar-refractivity contribution in [3.8, 4) is 0 Å². The van der Waals surface area contributed by atoms with Crippen molar-refractivity contribution in [2.24, 2.45) is 5.92 Å². The van der Waals surface area contributed by atoms with E-state index in [1.54, 1.807) is 0 Å². The van der Waals surface area contributed by atoms with Gasteiger partial charge in [-0.15, -0.1) is 0 Å². The number of nitrogens with one attached hydrogen (secondary N) is 1. The Morgan fingerprint density at radius 2 is 2.00 bits per heavy atom. The molecule has 1 N–H and O–H groups in total. The molecule has 0 aromatic heterocycles. The van der Waals surface area contributed by atoms with E-state index in [9.17, 15) is 0 Å². The monoisotopic (exact) mass is 282 g/mol. The molecule has 3 atom stereocenters. The predicted octanol–water partition coefficient (Wildman–Crippen LogP) is 3.12. The average Bonchev–Trinajstić information content (AvgIpc) is 2.38. The van der Waals surface area contributed by atoms with Crippen LogP contribution in [-0.4, -0.2) is 47.6 Å². The maximum Gasteiger partial charge on any atom is 0.0161 e.